The van der Waals surface area contributed by atoms with Gasteiger partial charge in [-0.2, -0.15) is 4.31 Å². The van der Waals surface area contributed by atoms with Crippen LogP contribution in [0.25, 0.3) is 0 Å². The number of rotatable bonds is 3. The lowest BCUT2D eigenvalue weighted by atomic mass is 10.1. The molecule has 6 heteroatoms. The highest BCUT2D eigenvalue weighted by Crippen LogP contribution is 2.36. The Labute approximate surface area is 148 Å². The molecule has 2 heterocycles. The molecule has 130 valence electrons. The maximum Gasteiger partial charge on any atom is 0.243 e. The smallest absolute Gasteiger partial charge is 0.243 e. The highest BCUT2D eigenvalue weighted by atomic mass is 32.2. The molecule has 1 unspecified atom stereocenters. The molecule has 1 saturated heterocycles. The van der Waals surface area contributed by atoms with E-state index < -0.39 is 10.0 Å². The highest BCUT2D eigenvalue weighted by Gasteiger charge is 2.31. The van der Waals surface area contributed by atoms with Crippen LogP contribution in [0.2, 0.25) is 0 Å². The summed E-state index contributed by atoms with van der Waals surface area (Å²) in [6, 6.07) is 7.74. The SMILES string of the molecule is Cc1cc(C)c(S(=O)(=O)N2CCSC(c3ccco3)CC2)c(C)c1. The topological polar surface area (TPSA) is 50.5 Å². The first-order valence-electron chi connectivity index (χ1n) is 8.12. The predicted octanol–water partition coefficient (Wildman–Crippen LogP) is 4.07. The van der Waals surface area contributed by atoms with E-state index >= 15 is 0 Å². The van der Waals surface area contributed by atoms with Gasteiger partial charge in [-0.05, 0) is 50.5 Å². The van der Waals surface area contributed by atoms with Gasteiger partial charge in [0.1, 0.15) is 5.76 Å². The maximum atomic E-state index is 13.2. The molecule has 0 spiro atoms. The lowest BCUT2D eigenvalue weighted by molar-refractivity contribution is 0.416. The molecule has 0 radical (unpaired) electrons. The Bertz CT molecular complexity index is 790. The van der Waals surface area contributed by atoms with E-state index in [0.717, 1.165) is 34.6 Å². The van der Waals surface area contributed by atoms with Crippen LogP contribution in [0.3, 0.4) is 0 Å². The molecule has 1 aliphatic rings. The van der Waals surface area contributed by atoms with Crippen LogP contribution in [0.1, 0.15) is 34.1 Å². The summed E-state index contributed by atoms with van der Waals surface area (Å²) in [4.78, 5) is 0.467. The van der Waals surface area contributed by atoms with E-state index in [2.05, 4.69) is 0 Å². The van der Waals surface area contributed by atoms with Crippen molar-refractivity contribution >= 4 is 21.8 Å². The minimum absolute atomic E-state index is 0.223. The molecular formula is C18H23NO3S2. The van der Waals surface area contributed by atoms with Gasteiger partial charge >= 0.3 is 0 Å². The Morgan fingerprint density at radius 1 is 1.17 bits per heavy atom. The van der Waals surface area contributed by atoms with Gasteiger partial charge in [-0.25, -0.2) is 8.42 Å². The number of furan rings is 1. The van der Waals surface area contributed by atoms with Crippen molar-refractivity contribution in [2.45, 2.75) is 37.3 Å². The zero-order valence-corrected chi connectivity index (χ0v) is 15.9. The molecule has 0 saturated carbocycles. The third kappa shape index (κ3) is 3.41. The lowest BCUT2D eigenvalue weighted by Gasteiger charge is -2.22. The molecule has 0 amide bonds. The van der Waals surface area contributed by atoms with Crippen LogP contribution in [-0.4, -0.2) is 31.6 Å². The second-order valence-corrected chi connectivity index (χ2v) is 9.48. The first kappa shape index (κ1) is 17.6. The molecule has 4 nitrogen and oxygen atoms in total. The minimum atomic E-state index is -3.47. The van der Waals surface area contributed by atoms with E-state index in [1.807, 2.05) is 45.0 Å². The molecule has 1 aliphatic heterocycles. The minimum Gasteiger partial charge on any atom is -0.468 e. The Morgan fingerprint density at radius 2 is 1.88 bits per heavy atom. The van der Waals surface area contributed by atoms with Crippen LogP contribution in [0.5, 0.6) is 0 Å². The Balaban J connectivity index is 1.86. The Hall–Kier alpha value is -1.24. The number of hydrogen-bond acceptors (Lipinski definition) is 4. The average molecular weight is 366 g/mol. The molecular weight excluding hydrogens is 342 g/mol. The van der Waals surface area contributed by atoms with Crippen molar-refractivity contribution in [1.29, 1.82) is 0 Å². The largest absolute Gasteiger partial charge is 0.468 e. The molecule has 0 N–H and O–H groups in total. The van der Waals surface area contributed by atoms with Gasteiger partial charge in [0.05, 0.1) is 16.4 Å². The van der Waals surface area contributed by atoms with Gasteiger partial charge in [-0.3, -0.25) is 0 Å². The van der Waals surface area contributed by atoms with Gasteiger partial charge in [0.25, 0.3) is 0 Å². The average Bonchev–Trinajstić information content (AvgIpc) is 2.89. The summed E-state index contributed by atoms with van der Waals surface area (Å²) in [6.07, 6.45) is 2.44. The van der Waals surface area contributed by atoms with E-state index in [-0.39, 0.29) is 5.25 Å². The number of hydrogen-bond donors (Lipinski definition) is 0. The van der Waals surface area contributed by atoms with Gasteiger partial charge in [0, 0.05) is 18.8 Å². The molecule has 2 aromatic rings. The first-order chi connectivity index (χ1) is 11.4. The van der Waals surface area contributed by atoms with Crippen LogP contribution < -0.4 is 0 Å². The molecule has 1 fully saturated rings. The molecule has 1 atom stereocenters. The van der Waals surface area contributed by atoms with E-state index in [1.165, 1.54) is 0 Å². The Kier molecular flexibility index (Phi) is 5.08. The fourth-order valence-electron chi connectivity index (χ4n) is 3.40. The third-order valence-electron chi connectivity index (χ3n) is 4.36. The molecule has 1 aromatic heterocycles. The summed E-state index contributed by atoms with van der Waals surface area (Å²) in [7, 11) is -3.47. The van der Waals surface area contributed by atoms with Crippen LogP contribution in [0.4, 0.5) is 0 Å². The summed E-state index contributed by atoms with van der Waals surface area (Å²) < 4.78 is 33.5. The first-order valence-corrected chi connectivity index (χ1v) is 10.6. The van der Waals surface area contributed by atoms with E-state index in [0.29, 0.717) is 18.0 Å². The van der Waals surface area contributed by atoms with E-state index in [4.69, 9.17) is 4.42 Å². The van der Waals surface area contributed by atoms with Crippen LogP contribution in [-0.2, 0) is 10.0 Å². The van der Waals surface area contributed by atoms with Crippen molar-refractivity contribution in [3.8, 4) is 0 Å². The van der Waals surface area contributed by atoms with Crippen molar-refractivity contribution in [3.05, 3.63) is 53.0 Å². The summed E-state index contributed by atoms with van der Waals surface area (Å²) in [6.45, 7) is 6.81. The van der Waals surface area contributed by atoms with Crippen molar-refractivity contribution < 1.29 is 12.8 Å². The molecule has 1 aromatic carbocycles. The molecule has 24 heavy (non-hydrogen) atoms. The Morgan fingerprint density at radius 3 is 2.50 bits per heavy atom. The van der Waals surface area contributed by atoms with E-state index in [9.17, 15) is 8.42 Å². The zero-order valence-electron chi connectivity index (χ0n) is 14.3. The van der Waals surface area contributed by atoms with Crippen molar-refractivity contribution in [3.63, 3.8) is 0 Å². The van der Waals surface area contributed by atoms with Crippen molar-refractivity contribution in [1.82, 2.24) is 4.31 Å². The maximum absolute atomic E-state index is 13.2. The summed E-state index contributed by atoms with van der Waals surface area (Å²) >= 11 is 1.77. The van der Waals surface area contributed by atoms with Gasteiger partial charge < -0.3 is 4.42 Å². The predicted molar refractivity (Wildman–Crippen MR) is 97.9 cm³/mol. The fourth-order valence-corrected chi connectivity index (χ4v) is 6.56. The quantitative estimate of drug-likeness (QED) is 0.822. The van der Waals surface area contributed by atoms with Crippen molar-refractivity contribution in [2.75, 3.05) is 18.8 Å². The van der Waals surface area contributed by atoms with Crippen molar-refractivity contribution in [2.24, 2.45) is 0 Å². The lowest BCUT2D eigenvalue weighted by Crippen LogP contribution is -2.34. The summed E-state index contributed by atoms with van der Waals surface area (Å²) in [5.74, 6) is 1.70. The summed E-state index contributed by atoms with van der Waals surface area (Å²) in [5.41, 5.74) is 2.74. The summed E-state index contributed by atoms with van der Waals surface area (Å²) in [5, 5.41) is 0.223. The fraction of sp³-hybridized carbons (Fsp3) is 0.444. The third-order valence-corrected chi connectivity index (χ3v) is 7.86. The highest BCUT2D eigenvalue weighted by molar-refractivity contribution is 7.99. The zero-order chi connectivity index (χ0) is 17.3. The van der Waals surface area contributed by atoms with Gasteiger partial charge in [0.2, 0.25) is 10.0 Å². The number of aryl methyl sites for hydroxylation is 3. The van der Waals surface area contributed by atoms with Crippen LogP contribution in [0.15, 0.2) is 39.8 Å². The molecule has 0 bridgehead atoms. The van der Waals surface area contributed by atoms with Crippen LogP contribution >= 0.6 is 11.8 Å². The second kappa shape index (κ2) is 6.94. The number of nitrogens with zero attached hydrogens (tertiary/aromatic N) is 1. The number of sulfonamides is 1. The van der Waals surface area contributed by atoms with Gasteiger partial charge in [0.15, 0.2) is 0 Å². The molecule has 0 aliphatic carbocycles. The number of thioether (sulfide) groups is 1. The normalized spacial score (nSPS) is 20.0. The molecule has 3 rings (SSSR count). The van der Waals surface area contributed by atoms with E-state index in [1.54, 1.807) is 22.3 Å². The standard InChI is InChI=1S/C18H23NO3S2/c1-13-11-14(2)18(15(3)12-13)24(20,21)19-7-6-17(23-10-8-19)16-5-4-9-22-16/h4-5,9,11-12,17H,6-8,10H2,1-3H3. The monoisotopic (exact) mass is 365 g/mol. The van der Waals surface area contributed by atoms with Gasteiger partial charge in [-0.15, -0.1) is 11.8 Å². The van der Waals surface area contributed by atoms with Gasteiger partial charge in [-0.1, -0.05) is 17.7 Å². The second-order valence-electron chi connectivity index (χ2n) is 6.30. The van der Waals surface area contributed by atoms with Crippen LogP contribution in [0, 0.1) is 20.8 Å². The number of benzene rings is 1.